The van der Waals surface area contributed by atoms with E-state index in [4.69, 9.17) is 4.74 Å². The van der Waals surface area contributed by atoms with Crippen LogP contribution in [0.25, 0.3) is 5.69 Å². The van der Waals surface area contributed by atoms with E-state index in [1.54, 1.807) is 31.0 Å². The quantitative estimate of drug-likeness (QED) is 0.274. The minimum atomic E-state index is -0.355. The molecule has 4 aromatic rings. The number of aryl methyl sites for hydroxylation is 1. The first-order valence-electron chi connectivity index (χ1n) is 10.8. The molecule has 0 saturated carbocycles. The fraction of sp³-hybridized carbons (Fsp3) is 0.192. The Morgan fingerprint density at radius 2 is 1.85 bits per heavy atom. The van der Waals surface area contributed by atoms with E-state index >= 15 is 0 Å². The number of amides is 1. The number of carbonyl (C=O) groups excluding carboxylic acids is 1. The summed E-state index contributed by atoms with van der Waals surface area (Å²) in [6, 6.07) is 23.1. The van der Waals surface area contributed by atoms with E-state index in [1.165, 1.54) is 5.56 Å². The highest BCUT2D eigenvalue weighted by atomic mass is 79.9. The Labute approximate surface area is 211 Å². The summed E-state index contributed by atoms with van der Waals surface area (Å²) in [5.74, 6) is 2.03. The second-order valence-corrected chi connectivity index (χ2v) is 9.72. The Morgan fingerprint density at radius 3 is 2.59 bits per heavy atom. The van der Waals surface area contributed by atoms with E-state index in [1.807, 2.05) is 54.0 Å². The maximum atomic E-state index is 12.8. The number of hydrogen-bond acceptors (Lipinski definition) is 5. The Morgan fingerprint density at radius 1 is 1.09 bits per heavy atom. The van der Waals surface area contributed by atoms with Crippen molar-refractivity contribution in [2.24, 2.45) is 0 Å². The summed E-state index contributed by atoms with van der Waals surface area (Å²) in [5.41, 5.74) is 3.82. The zero-order valence-electron chi connectivity index (χ0n) is 19.2. The molecule has 1 aromatic heterocycles. The number of methoxy groups -OCH3 is 1. The van der Waals surface area contributed by atoms with Crippen LogP contribution in [0.1, 0.15) is 40.3 Å². The average molecular weight is 537 g/mol. The van der Waals surface area contributed by atoms with Gasteiger partial charge in [0.05, 0.1) is 13.2 Å². The Balaban J connectivity index is 1.62. The van der Waals surface area contributed by atoms with Crippen molar-refractivity contribution in [3.63, 3.8) is 0 Å². The van der Waals surface area contributed by atoms with Gasteiger partial charge in [-0.2, -0.15) is 0 Å². The van der Waals surface area contributed by atoms with Crippen LogP contribution in [0, 0.1) is 6.92 Å². The molecule has 0 bridgehead atoms. The van der Waals surface area contributed by atoms with Crippen molar-refractivity contribution in [1.29, 1.82) is 0 Å². The average Bonchev–Trinajstić information content (AvgIpc) is 3.27. The van der Waals surface area contributed by atoms with Crippen LogP contribution in [-0.4, -0.2) is 27.8 Å². The van der Waals surface area contributed by atoms with Crippen LogP contribution < -0.4 is 10.1 Å². The predicted octanol–water partition coefficient (Wildman–Crippen LogP) is 6.13. The normalized spacial score (nSPS) is 11.8. The van der Waals surface area contributed by atoms with Crippen LogP contribution >= 0.6 is 27.7 Å². The molecular formula is C26H25BrN4O2S. The molecule has 0 aliphatic rings. The molecule has 0 radical (unpaired) electrons. The van der Waals surface area contributed by atoms with E-state index in [0.717, 1.165) is 26.6 Å². The van der Waals surface area contributed by atoms with Gasteiger partial charge in [0.25, 0.3) is 5.91 Å². The van der Waals surface area contributed by atoms with Crippen molar-refractivity contribution in [2.45, 2.75) is 30.8 Å². The van der Waals surface area contributed by atoms with E-state index in [2.05, 4.69) is 56.6 Å². The zero-order chi connectivity index (χ0) is 24.1. The van der Waals surface area contributed by atoms with E-state index in [9.17, 15) is 4.79 Å². The van der Waals surface area contributed by atoms with Gasteiger partial charge in [-0.1, -0.05) is 63.6 Å². The molecule has 4 rings (SSSR count). The van der Waals surface area contributed by atoms with E-state index in [0.29, 0.717) is 17.1 Å². The summed E-state index contributed by atoms with van der Waals surface area (Å²) >= 11 is 5.01. The third-order valence-corrected chi connectivity index (χ3v) is 6.77. The van der Waals surface area contributed by atoms with Crippen molar-refractivity contribution in [3.05, 3.63) is 99.8 Å². The van der Waals surface area contributed by atoms with Gasteiger partial charge in [-0.15, -0.1) is 10.2 Å². The molecule has 8 heteroatoms. The van der Waals surface area contributed by atoms with Gasteiger partial charge in [0.15, 0.2) is 11.0 Å². The van der Waals surface area contributed by atoms with Crippen LogP contribution in [0.5, 0.6) is 5.75 Å². The Kier molecular flexibility index (Phi) is 7.70. The molecule has 0 saturated heterocycles. The number of halogens is 1. The van der Waals surface area contributed by atoms with E-state index in [-0.39, 0.29) is 11.9 Å². The summed E-state index contributed by atoms with van der Waals surface area (Å²) in [6.45, 7) is 3.97. The molecule has 0 aliphatic carbocycles. The van der Waals surface area contributed by atoms with Crippen LogP contribution in [-0.2, 0) is 5.75 Å². The molecule has 1 atom stereocenters. The van der Waals surface area contributed by atoms with Crippen LogP contribution in [0.2, 0.25) is 0 Å². The third kappa shape index (κ3) is 5.69. The standard InChI is InChI=1S/C26H25BrN4O2S/c1-17-10-12-22(13-11-17)31-24(18(2)28-25(32)20-7-5-8-21(27)15-20)29-30-26(31)34-16-19-6-4-9-23(14-19)33-3/h4-15,18H,16H2,1-3H3,(H,28,32). The molecule has 3 aromatic carbocycles. The molecule has 0 spiro atoms. The summed E-state index contributed by atoms with van der Waals surface area (Å²) in [6.07, 6.45) is 0. The SMILES string of the molecule is COc1cccc(CSc2nnc(C(C)NC(=O)c3cccc(Br)c3)n2-c2ccc(C)cc2)c1. The number of carbonyl (C=O) groups is 1. The maximum absolute atomic E-state index is 12.8. The second kappa shape index (κ2) is 10.9. The molecule has 1 unspecified atom stereocenters. The summed E-state index contributed by atoms with van der Waals surface area (Å²) in [7, 11) is 1.66. The first-order chi connectivity index (χ1) is 16.4. The van der Waals surface area contributed by atoms with Crippen molar-refractivity contribution in [2.75, 3.05) is 7.11 Å². The maximum Gasteiger partial charge on any atom is 0.251 e. The topological polar surface area (TPSA) is 69.0 Å². The van der Waals surface area contributed by atoms with Gasteiger partial charge in [0.2, 0.25) is 0 Å². The molecule has 6 nitrogen and oxygen atoms in total. The highest BCUT2D eigenvalue weighted by Crippen LogP contribution is 2.29. The molecule has 34 heavy (non-hydrogen) atoms. The summed E-state index contributed by atoms with van der Waals surface area (Å²) < 4.78 is 8.21. The van der Waals surface area contributed by atoms with Crippen LogP contribution in [0.15, 0.2) is 82.4 Å². The number of nitrogens with zero attached hydrogens (tertiary/aromatic N) is 3. The number of benzene rings is 3. The van der Waals surface area contributed by atoms with Crippen molar-refractivity contribution in [3.8, 4) is 11.4 Å². The second-order valence-electron chi connectivity index (χ2n) is 7.86. The fourth-order valence-electron chi connectivity index (χ4n) is 3.48. The number of thioether (sulfide) groups is 1. The first kappa shape index (κ1) is 24.0. The lowest BCUT2D eigenvalue weighted by Gasteiger charge is -2.17. The molecule has 174 valence electrons. The highest BCUT2D eigenvalue weighted by molar-refractivity contribution is 9.10. The zero-order valence-corrected chi connectivity index (χ0v) is 21.6. The van der Waals surface area contributed by atoms with Gasteiger partial charge < -0.3 is 10.1 Å². The predicted molar refractivity (Wildman–Crippen MR) is 139 cm³/mol. The Bertz CT molecular complexity index is 1290. The molecule has 1 amide bonds. The van der Waals surface area contributed by atoms with Crippen LogP contribution in [0.3, 0.4) is 0 Å². The molecular weight excluding hydrogens is 512 g/mol. The molecule has 0 fully saturated rings. The third-order valence-electron chi connectivity index (χ3n) is 5.27. The van der Waals surface area contributed by atoms with Crippen molar-refractivity contribution >= 4 is 33.6 Å². The molecule has 0 aliphatic heterocycles. The summed E-state index contributed by atoms with van der Waals surface area (Å²) in [5, 5.41) is 12.8. The minimum absolute atomic E-state index is 0.169. The van der Waals surface area contributed by atoms with Gasteiger partial charge in [-0.05, 0) is 61.9 Å². The number of ether oxygens (including phenoxy) is 1. The monoisotopic (exact) mass is 536 g/mol. The lowest BCUT2D eigenvalue weighted by molar-refractivity contribution is 0.0938. The van der Waals surface area contributed by atoms with Crippen molar-refractivity contribution in [1.82, 2.24) is 20.1 Å². The van der Waals surface area contributed by atoms with Gasteiger partial charge in [-0.25, -0.2) is 0 Å². The van der Waals surface area contributed by atoms with Crippen molar-refractivity contribution < 1.29 is 9.53 Å². The largest absolute Gasteiger partial charge is 0.497 e. The molecule has 1 N–H and O–H groups in total. The van der Waals surface area contributed by atoms with Gasteiger partial charge in [-0.3, -0.25) is 9.36 Å². The molecule has 1 heterocycles. The lowest BCUT2D eigenvalue weighted by atomic mass is 10.2. The minimum Gasteiger partial charge on any atom is -0.497 e. The summed E-state index contributed by atoms with van der Waals surface area (Å²) in [4.78, 5) is 12.8. The van der Waals surface area contributed by atoms with Gasteiger partial charge in [0.1, 0.15) is 5.75 Å². The van der Waals surface area contributed by atoms with Crippen LogP contribution in [0.4, 0.5) is 0 Å². The highest BCUT2D eigenvalue weighted by Gasteiger charge is 2.22. The Hall–Kier alpha value is -3.10. The first-order valence-corrected chi connectivity index (χ1v) is 12.6. The number of nitrogens with one attached hydrogen (secondary N) is 1. The number of hydrogen-bond donors (Lipinski definition) is 1. The van der Waals surface area contributed by atoms with Gasteiger partial charge >= 0.3 is 0 Å². The smallest absolute Gasteiger partial charge is 0.251 e. The number of aromatic nitrogens is 3. The lowest BCUT2D eigenvalue weighted by Crippen LogP contribution is -2.28. The number of rotatable bonds is 8. The van der Waals surface area contributed by atoms with Gasteiger partial charge in [0, 0.05) is 21.5 Å². The van der Waals surface area contributed by atoms with E-state index < -0.39 is 0 Å². The fourth-order valence-corrected chi connectivity index (χ4v) is 4.78.